The van der Waals surface area contributed by atoms with Crippen molar-refractivity contribution in [1.29, 1.82) is 0 Å². The number of aliphatic hydroxyl groups excluding tert-OH is 1. The first-order valence-electron chi connectivity index (χ1n) is 6.38. The van der Waals surface area contributed by atoms with Gasteiger partial charge in [-0.1, -0.05) is 18.2 Å². The number of aliphatic hydroxyl groups is 1. The van der Waals surface area contributed by atoms with Gasteiger partial charge in [-0.25, -0.2) is 0 Å². The third-order valence-corrected chi connectivity index (χ3v) is 3.45. The lowest BCUT2D eigenvalue weighted by molar-refractivity contribution is 0.0752. The van der Waals surface area contributed by atoms with E-state index >= 15 is 0 Å². The minimum absolute atomic E-state index is 0.259. The topological polar surface area (TPSA) is 90.0 Å². The van der Waals surface area contributed by atoms with Crippen molar-refractivity contribution >= 4 is 16.8 Å². The molecule has 1 aromatic heterocycles. The van der Waals surface area contributed by atoms with Crippen LogP contribution < -0.4 is 10.6 Å². The number of aromatic amines is 1. The van der Waals surface area contributed by atoms with E-state index in [1.54, 1.807) is 0 Å². The number of benzene rings is 1. The van der Waals surface area contributed by atoms with Crippen LogP contribution in [0.3, 0.4) is 0 Å². The molecule has 1 aromatic carbocycles. The number of amides is 1. The molecule has 3 rings (SSSR count). The number of H-pyrrole nitrogens is 1. The zero-order valence-corrected chi connectivity index (χ0v) is 10.4. The summed E-state index contributed by atoms with van der Waals surface area (Å²) in [5.41, 5.74) is 1.20. The summed E-state index contributed by atoms with van der Waals surface area (Å²) in [5.74, 6) is -0.259. The number of rotatable bonds is 2. The fourth-order valence-electron chi connectivity index (χ4n) is 2.37. The van der Waals surface area contributed by atoms with Gasteiger partial charge in [0.2, 0.25) is 0 Å². The maximum Gasteiger partial charge on any atom is 0.272 e. The number of nitrogens with one attached hydrogen (secondary N) is 3. The second kappa shape index (κ2) is 4.99. The highest BCUT2D eigenvalue weighted by atomic mass is 16.3. The Balaban J connectivity index is 1.80. The highest BCUT2D eigenvalue weighted by Crippen LogP contribution is 2.15. The highest BCUT2D eigenvalue weighted by molar-refractivity contribution is 6.04. The van der Waals surface area contributed by atoms with E-state index in [9.17, 15) is 9.90 Å². The van der Waals surface area contributed by atoms with Crippen LogP contribution in [0.4, 0.5) is 0 Å². The van der Waals surface area contributed by atoms with Gasteiger partial charge in [0.15, 0.2) is 5.69 Å². The molecule has 0 spiro atoms. The summed E-state index contributed by atoms with van der Waals surface area (Å²) in [6, 6.07) is 7.21. The van der Waals surface area contributed by atoms with Gasteiger partial charge in [0, 0.05) is 11.9 Å². The Labute approximate surface area is 110 Å². The summed E-state index contributed by atoms with van der Waals surface area (Å²) in [6.45, 7) is 1.36. The van der Waals surface area contributed by atoms with Gasteiger partial charge in [0.25, 0.3) is 5.91 Å². The van der Waals surface area contributed by atoms with Crippen LogP contribution in [-0.2, 0) is 0 Å². The van der Waals surface area contributed by atoms with Crippen molar-refractivity contribution in [2.24, 2.45) is 0 Å². The Morgan fingerprint density at radius 2 is 2.26 bits per heavy atom. The minimum Gasteiger partial charge on any atom is -0.391 e. The number of aromatic nitrogens is 2. The van der Waals surface area contributed by atoms with Crippen LogP contribution in [0, 0.1) is 0 Å². The number of para-hydroxylation sites is 1. The van der Waals surface area contributed by atoms with Crippen molar-refractivity contribution in [3.8, 4) is 0 Å². The lowest BCUT2D eigenvalue weighted by Gasteiger charge is -2.28. The van der Waals surface area contributed by atoms with Crippen molar-refractivity contribution in [3.63, 3.8) is 0 Å². The fraction of sp³-hybridized carbons (Fsp3) is 0.385. The van der Waals surface area contributed by atoms with Crippen molar-refractivity contribution in [2.75, 3.05) is 13.1 Å². The number of carbonyl (C=O) groups excluding carboxylic acids is 1. The van der Waals surface area contributed by atoms with Crippen LogP contribution in [0.5, 0.6) is 0 Å². The molecule has 6 nitrogen and oxygen atoms in total. The lowest BCUT2D eigenvalue weighted by Crippen LogP contribution is -2.53. The van der Waals surface area contributed by atoms with Crippen molar-refractivity contribution < 1.29 is 9.90 Å². The molecule has 0 bridgehead atoms. The molecule has 2 heterocycles. The molecule has 0 saturated carbocycles. The van der Waals surface area contributed by atoms with E-state index in [0.717, 1.165) is 17.4 Å². The largest absolute Gasteiger partial charge is 0.391 e. The van der Waals surface area contributed by atoms with Gasteiger partial charge in [0.1, 0.15) is 0 Å². The molecule has 1 fully saturated rings. The van der Waals surface area contributed by atoms with Gasteiger partial charge < -0.3 is 15.7 Å². The molecule has 0 aliphatic carbocycles. The molecular weight excluding hydrogens is 244 g/mol. The number of fused-ring (bicyclic) bond motifs is 1. The summed E-state index contributed by atoms with van der Waals surface area (Å²) in [4.78, 5) is 12.2. The lowest BCUT2D eigenvalue weighted by atomic mass is 10.0. The van der Waals surface area contributed by atoms with Crippen molar-refractivity contribution in [2.45, 2.75) is 18.6 Å². The summed E-state index contributed by atoms with van der Waals surface area (Å²) < 4.78 is 0. The Morgan fingerprint density at radius 3 is 3.11 bits per heavy atom. The maximum atomic E-state index is 12.2. The van der Waals surface area contributed by atoms with Crippen LogP contribution in [0.15, 0.2) is 24.3 Å². The summed E-state index contributed by atoms with van der Waals surface area (Å²) in [7, 11) is 0. The molecular formula is C13H16N4O2. The standard InChI is InChI=1S/C13H16N4O2/c18-11-5-6-14-7-10(11)15-13(19)12-8-3-1-2-4-9(8)16-17-12/h1-4,10-11,14,18H,5-7H2,(H,15,19)(H,16,17)/t10-,11+/m0/s1. The molecule has 4 N–H and O–H groups in total. The molecule has 100 valence electrons. The van der Waals surface area contributed by atoms with Gasteiger partial charge in [-0.05, 0) is 19.0 Å². The third kappa shape index (κ3) is 2.32. The van der Waals surface area contributed by atoms with E-state index in [4.69, 9.17) is 0 Å². The molecule has 1 saturated heterocycles. The quantitative estimate of drug-likeness (QED) is 0.612. The van der Waals surface area contributed by atoms with Gasteiger partial charge in [0.05, 0.1) is 17.7 Å². The third-order valence-electron chi connectivity index (χ3n) is 3.45. The van der Waals surface area contributed by atoms with E-state index in [2.05, 4.69) is 20.8 Å². The molecule has 19 heavy (non-hydrogen) atoms. The van der Waals surface area contributed by atoms with Crippen LogP contribution in [0.25, 0.3) is 10.9 Å². The molecule has 0 radical (unpaired) electrons. The molecule has 1 amide bonds. The number of carbonyl (C=O) groups is 1. The first-order valence-corrected chi connectivity index (χ1v) is 6.38. The Hall–Kier alpha value is -1.92. The first kappa shape index (κ1) is 12.1. The predicted octanol–water partition coefficient (Wildman–Crippen LogP) is 0.0155. The van der Waals surface area contributed by atoms with E-state index in [-0.39, 0.29) is 11.9 Å². The monoisotopic (exact) mass is 260 g/mol. The molecule has 1 aliphatic rings. The average molecular weight is 260 g/mol. The first-order chi connectivity index (χ1) is 9.25. The maximum absolute atomic E-state index is 12.2. The predicted molar refractivity (Wildman–Crippen MR) is 70.8 cm³/mol. The van der Waals surface area contributed by atoms with E-state index < -0.39 is 6.10 Å². The second-order valence-electron chi connectivity index (χ2n) is 4.76. The molecule has 6 heteroatoms. The minimum atomic E-state index is -0.504. The van der Waals surface area contributed by atoms with E-state index in [1.807, 2.05) is 24.3 Å². The zero-order chi connectivity index (χ0) is 13.2. The van der Waals surface area contributed by atoms with Crippen molar-refractivity contribution in [1.82, 2.24) is 20.8 Å². The average Bonchev–Trinajstić information content (AvgIpc) is 2.85. The summed E-state index contributed by atoms with van der Waals surface area (Å²) in [5, 5.41) is 23.5. The Morgan fingerprint density at radius 1 is 1.42 bits per heavy atom. The molecule has 2 atom stereocenters. The normalized spacial score (nSPS) is 23.4. The van der Waals surface area contributed by atoms with Crippen LogP contribution in [0.1, 0.15) is 16.9 Å². The van der Waals surface area contributed by atoms with Crippen LogP contribution in [-0.4, -0.2) is 46.4 Å². The van der Waals surface area contributed by atoms with Gasteiger partial charge in [-0.2, -0.15) is 5.10 Å². The van der Waals surface area contributed by atoms with Crippen LogP contribution >= 0.6 is 0 Å². The second-order valence-corrected chi connectivity index (χ2v) is 4.76. The zero-order valence-electron chi connectivity index (χ0n) is 10.4. The number of nitrogens with zero attached hydrogens (tertiary/aromatic N) is 1. The number of hydrogen-bond donors (Lipinski definition) is 4. The van der Waals surface area contributed by atoms with Crippen LogP contribution in [0.2, 0.25) is 0 Å². The van der Waals surface area contributed by atoms with E-state index in [1.165, 1.54) is 0 Å². The van der Waals surface area contributed by atoms with Gasteiger partial charge >= 0.3 is 0 Å². The molecule has 0 unspecified atom stereocenters. The Kier molecular flexibility index (Phi) is 3.18. The molecule has 1 aliphatic heterocycles. The van der Waals surface area contributed by atoms with E-state index in [0.29, 0.717) is 18.7 Å². The summed E-state index contributed by atoms with van der Waals surface area (Å²) in [6.07, 6.45) is 0.141. The molecule has 2 aromatic rings. The Bertz CT molecular complexity index is 595. The summed E-state index contributed by atoms with van der Waals surface area (Å²) >= 11 is 0. The SMILES string of the molecule is O=C(N[C@H]1CNCC[C@H]1O)c1n[nH]c2ccccc12. The highest BCUT2D eigenvalue weighted by Gasteiger charge is 2.26. The van der Waals surface area contributed by atoms with Gasteiger partial charge in [-0.15, -0.1) is 0 Å². The number of hydrogen-bond acceptors (Lipinski definition) is 4. The smallest absolute Gasteiger partial charge is 0.272 e. The van der Waals surface area contributed by atoms with Gasteiger partial charge in [-0.3, -0.25) is 9.89 Å². The fourth-order valence-corrected chi connectivity index (χ4v) is 2.37. The number of piperidine rings is 1. The van der Waals surface area contributed by atoms with Crippen molar-refractivity contribution in [3.05, 3.63) is 30.0 Å².